The Balaban J connectivity index is 1.47. The van der Waals surface area contributed by atoms with Crippen LogP contribution in [0, 0.1) is 0 Å². The monoisotopic (exact) mass is 403 g/mol. The Kier molecular flexibility index (Phi) is 6.74. The number of aryl methyl sites for hydroxylation is 1. The van der Waals surface area contributed by atoms with Crippen LogP contribution < -0.4 is 10.1 Å². The molecular formula is C20H19Cl2N3O2. The molecule has 3 rings (SSSR count). The van der Waals surface area contributed by atoms with Crippen molar-refractivity contribution < 1.29 is 9.53 Å². The van der Waals surface area contributed by atoms with E-state index in [2.05, 4.69) is 10.4 Å². The lowest BCUT2D eigenvalue weighted by Gasteiger charge is -2.09. The predicted molar refractivity (Wildman–Crippen MR) is 106 cm³/mol. The summed E-state index contributed by atoms with van der Waals surface area (Å²) in [5.41, 5.74) is 1.51. The second-order valence-corrected chi connectivity index (χ2v) is 6.85. The van der Waals surface area contributed by atoms with Crippen molar-refractivity contribution in [3.63, 3.8) is 0 Å². The normalized spacial score (nSPS) is 10.6. The molecule has 0 aliphatic carbocycles. The molecule has 0 saturated carbocycles. The van der Waals surface area contributed by atoms with Crippen molar-refractivity contribution in [3.8, 4) is 5.75 Å². The number of hydrogen-bond donors (Lipinski definition) is 1. The van der Waals surface area contributed by atoms with E-state index >= 15 is 0 Å². The first-order valence-corrected chi connectivity index (χ1v) is 9.29. The van der Waals surface area contributed by atoms with Crippen molar-refractivity contribution in [3.05, 3.63) is 82.1 Å². The average Bonchev–Trinajstić information content (AvgIpc) is 3.09. The number of ether oxygens (including phenoxy) is 1. The number of rotatable bonds is 8. The minimum atomic E-state index is -0.113. The van der Waals surface area contributed by atoms with Crippen LogP contribution in [0.4, 0.5) is 0 Å². The minimum absolute atomic E-state index is 0.113. The lowest BCUT2D eigenvalue weighted by atomic mass is 10.1. The number of halogens is 2. The van der Waals surface area contributed by atoms with Crippen LogP contribution in [0.5, 0.6) is 5.75 Å². The summed E-state index contributed by atoms with van der Waals surface area (Å²) in [7, 11) is 0. The molecule has 5 nitrogen and oxygen atoms in total. The summed E-state index contributed by atoms with van der Waals surface area (Å²) in [6, 6.07) is 14.6. The van der Waals surface area contributed by atoms with Gasteiger partial charge in [-0.25, -0.2) is 0 Å². The number of carbonyl (C=O) groups is 1. The van der Waals surface area contributed by atoms with Gasteiger partial charge in [-0.05, 0) is 42.3 Å². The Morgan fingerprint density at radius 1 is 1.11 bits per heavy atom. The molecule has 0 spiro atoms. The molecule has 3 aromatic rings. The molecule has 2 aromatic carbocycles. The molecule has 140 valence electrons. The highest BCUT2D eigenvalue weighted by Crippen LogP contribution is 2.18. The fourth-order valence-corrected chi connectivity index (χ4v) is 2.87. The second-order valence-electron chi connectivity index (χ2n) is 5.98. The van der Waals surface area contributed by atoms with E-state index in [0.717, 1.165) is 12.0 Å². The molecule has 7 heteroatoms. The highest BCUT2D eigenvalue weighted by atomic mass is 35.5. The SMILES string of the molecule is O=C(NCCCn1cc(Cl)cn1)c1cccc(COc2cccc(Cl)c2)c1. The summed E-state index contributed by atoms with van der Waals surface area (Å²) < 4.78 is 7.47. The van der Waals surface area contributed by atoms with Gasteiger partial charge in [0.1, 0.15) is 12.4 Å². The Morgan fingerprint density at radius 2 is 1.96 bits per heavy atom. The third-order valence-electron chi connectivity index (χ3n) is 3.84. The van der Waals surface area contributed by atoms with Gasteiger partial charge in [-0.15, -0.1) is 0 Å². The van der Waals surface area contributed by atoms with E-state index in [4.69, 9.17) is 27.9 Å². The minimum Gasteiger partial charge on any atom is -0.489 e. The topological polar surface area (TPSA) is 56.2 Å². The molecule has 0 saturated heterocycles. The number of nitrogens with zero attached hydrogens (tertiary/aromatic N) is 2. The molecule has 0 aliphatic rings. The lowest BCUT2D eigenvalue weighted by molar-refractivity contribution is 0.0952. The maximum atomic E-state index is 12.3. The number of nitrogens with one attached hydrogen (secondary N) is 1. The largest absolute Gasteiger partial charge is 0.489 e. The van der Waals surface area contributed by atoms with Gasteiger partial charge < -0.3 is 10.1 Å². The maximum Gasteiger partial charge on any atom is 0.251 e. The number of aromatic nitrogens is 2. The Morgan fingerprint density at radius 3 is 2.74 bits per heavy atom. The van der Waals surface area contributed by atoms with Gasteiger partial charge in [0.05, 0.1) is 11.2 Å². The van der Waals surface area contributed by atoms with E-state index < -0.39 is 0 Å². The summed E-state index contributed by atoms with van der Waals surface area (Å²) in [6.07, 6.45) is 4.12. The third-order valence-corrected chi connectivity index (χ3v) is 4.27. The van der Waals surface area contributed by atoms with Crippen LogP contribution in [0.2, 0.25) is 10.0 Å². The van der Waals surface area contributed by atoms with E-state index in [1.165, 1.54) is 0 Å². The first kappa shape index (κ1) is 19.3. The number of hydrogen-bond acceptors (Lipinski definition) is 3. The molecule has 0 radical (unpaired) electrons. The van der Waals surface area contributed by atoms with Gasteiger partial charge >= 0.3 is 0 Å². The smallest absolute Gasteiger partial charge is 0.251 e. The van der Waals surface area contributed by atoms with Crippen LogP contribution in [-0.4, -0.2) is 22.2 Å². The van der Waals surface area contributed by atoms with Crippen molar-refractivity contribution in [1.82, 2.24) is 15.1 Å². The van der Waals surface area contributed by atoms with Crippen molar-refractivity contribution in [2.24, 2.45) is 0 Å². The zero-order valence-electron chi connectivity index (χ0n) is 14.6. The van der Waals surface area contributed by atoms with Crippen LogP contribution in [0.15, 0.2) is 60.9 Å². The van der Waals surface area contributed by atoms with Crippen molar-refractivity contribution >= 4 is 29.1 Å². The van der Waals surface area contributed by atoms with E-state index in [9.17, 15) is 4.79 Å². The van der Waals surface area contributed by atoms with Gasteiger partial charge in [0.25, 0.3) is 5.91 Å². The van der Waals surface area contributed by atoms with Gasteiger partial charge in [-0.1, -0.05) is 41.4 Å². The zero-order valence-corrected chi connectivity index (χ0v) is 16.1. The molecule has 0 atom stereocenters. The number of carbonyl (C=O) groups excluding carboxylic acids is 1. The highest BCUT2D eigenvalue weighted by molar-refractivity contribution is 6.30. The lowest BCUT2D eigenvalue weighted by Crippen LogP contribution is -2.25. The standard InChI is InChI=1S/C20H19Cl2N3O2/c21-17-6-2-7-19(11-17)27-14-15-4-1-5-16(10-15)20(26)23-8-3-9-25-13-18(22)12-24-25/h1-2,4-7,10-13H,3,8-9,14H2,(H,23,26). The fourth-order valence-electron chi connectivity index (χ4n) is 2.53. The fraction of sp³-hybridized carbons (Fsp3) is 0.200. The molecule has 1 heterocycles. The first-order chi connectivity index (χ1) is 13.1. The molecule has 0 fully saturated rings. The zero-order chi connectivity index (χ0) is 19.1. The van der Waals surface area contributed by atoms with Gasteiger partial charge in [0, 0.05) is 29.9 Å². The van der Waals surface area contributed by atoms with Gasteiger partial charge in [-0.2, -0.15) is 5.10 Å². The molecule has 1 N–H and O–H groups in total. The quantitative estimate of drug-likeness (QED) is 0.559. The van der Waals surface area contributed by atoms with Crippen molar-refractivity contribution in [2.75, 3.05) is 6.54 Å². The van der Waals surface area contributed by atoms with Crippen LogP contribution in [0.1, 0.15) is 22.3 Å². The molecule has 1 aromatic heterocycles. The maximum absolute atomic E-state index is 12.3. The first-order valence-electron chi connectivity index (χ1n) is 8.53. The summed E-state index contributed by atoms with van der Waals surface area (Å²) >= 11 is 11.8. The second kappa shape index (κ2) is 9.44. The van der Waals surface area contributed by atoms with E-state index in [1.807, 2.05) is 30.3 Å². The van der Waals surface area contributed by atoms with Gasteiger partial charge in [0.15, 0.2) is 0 Å². The average molecular weight is 404 g/mol. The molecule has 0 bridgehead atoms. The third kappa shape index (κ3) is 6.01. The summed E-state index contributed by atoms with van der Waals surface area (Å²) in [5.74, 6) is 0.578. The number of benzene rings is 2. The van der Waals surface area contributed by atoms with Crippen LogP contribution >= 0.6 is 23.2 Å². The van der Waals surface area contributed by atoms with Crippen LogP contribution in [0.3, 0.4) is 0 Å². The van der Waals surface area contributed by atoms with Crippen LogP contribution in [0.25, 0.3) is 0 Å². The van der Waals surface area contributed by atoms with Gasteiger partial charge in [-0.3, -0.25) is 9.48 Å². The van der Waals surface area contributed by atoms with Crippen molar-refractivity contribution in [2.45, 2.75) is 19.6 Å². The molecule has 1 amide bonds. The van der Waals surface area contributed by atoms with Gasteiger partial charge in [0.2, 0.25) is 0 Å². The molecule has 27 heavy (non-hydrogen) atoms. The molecule has 0 unspecified atom stereocenters. The Bertz CT molecular complexity index is 912. The summed E-state index contributed by atoms with van der Waals surface area (Å²) in [6.45, 7) is 1.61. The Hall–Kier alpha value is -2.50. The molecule has 0 aliphatic heterocycles. The van der Waals surface area contributed by atoms with E-state index in [-0.39, 0.29) is 5.91 Å². The summed E-state index contributed by atoms with van der Waals surface area (Å²) in [5, 5.41) is 8.25. The van der Waals surface area contributed by atoms with E-state index in [1.54, 1.807) is 35.3 Å². The van der Waals surface area contributed by atoms with E-state index in [0.29, 0.717) is 41.1 Å². The van der Waals surface area contributed by atoms with Crippen molar-refractivity contribution in [1.29, 1.82) is 0 Å². The Labute approximate surface area is 167 Å². The summed E-state index contributed by atoms with van der Waals surface area (Å²) in [4.78, 5) is 12.3. The van der Waals surface area contributed by atoms with Crippen LogP contribution in [-0.2, 0) is 13.2 Å². The predicted octanol–water partition coefficient (Wildman–Crippen LogP) is 4.59. The molecular weight excluding hydrogens is 385 g/mol. The number of amides is 1. The highest BCUT2D eigenvalue weighted by Gasteiger charge is 2.06.